The zero-order chi connectivity index (χ0) is 11.0. The van der Waals surface area contributed by atoms with Crippen LogP contribution >= 0.6 is 0 Å². The fourth-order valence-corrected chi connectivity index (χ4v) is 1.04. The van der Waals surface area contributed by atoms with E-state index in [0.717, 1.165) is 6.54 Å². The summed E-state index contributed by atoms with van der Waals surface area (Å²) in [6.07, 6.45) is 0.811. The first-order valence-electron chi connectivity index (χ1n) is 4.96. The third-order valence-corrected chi connectivity index (χ3v) is 2.18. The molecule has 4 nitrogen and oxygen atoms in total. The Labute approximate surface area is 86.6 Å². The van der Waals surface area contributed by atoms with Crippen LogP contribution in [0, 0.1) is 0 Å². The number of hydrogen-bond donors (Lipinski definition) is 2. The molecule has 2 atom stereocenters. The maximum Gasteiger partial charge on any atom is 0.0765 e. The maximum atomic E-state index is 9.85. The molecule has 0 rings (SSSR count). The first kappa shape index (κ1) is 13.8. The van der Waals surface area contributed by atoms with E-state index in [9.17, 15) is 5.11 Å². The molecule has 0 aromatic rings. The van der Waals surface area contributed by atoms with Crippen molar-refractivity contribution < 1.29 is 14.6 Å². The predicted octanol–water partition coefficient (Wildman–Crippen LogP) is 0.398. The van der Waals surface area contributed by atoms with E-state index in [0.29, 0.717) is 19.6 Å². The van der Waals surface area contributed by atoms with Gasteiger partial charge in [-0.2, -0.15) is 0 Å². The number of methoxy groups -OCH3 is 2. The molecule has 2 unspecified atom stereocenters. The molecule has 0 bridgehead atoms. The zero-order valence-corrected chi connectivity index (χ0v) is 9.67. The van der Waals surface area contributed by atoms with Gasteiger partial charge in [-0.25, -0.2) is 0 Å². The molecule has 86 valence electrons. The number of aliphatic hydroxyl groups is 1. The van der Waals surface area contributed by atoms with E-state index in [4.69, 9.17) is 9.47 Å². The van der Waals surface area contributed by atoms with Gasteiger partial charge in [-0.3, -0.25) is 0 Å². The van der Waals surface area contributed by atoms with Crippen LogP contribution in [-0.4, -0.2) is 50.7 Å². The molecule has 0 aromatic heterocycles. The summed E-state index contributed by atoms with van der Waals surface area (Å²) in [7, 11) is 3.31. The smallest absolute Gasteiger partial charge is 0.0765 e. The van der Waals surface area contributed by atoms with E-state index in [1.807, 2.05) is 6.92 Å². The van der Waals surface area contributed by atoms with Crippen LogP contribution in [0.5, 0.6) is 0 Å². The Hall–Kier alpha value is -0.160. The zero-order valence-electron chi connectivity index (χ0n) is 9.67. The highest BCUT2D eigenvalue weighted by Crippen LogP contribution is 2.07. The van der Waals surface area contributed by atoms with E-state index in [-0.39, 0.29) is 6.10 Å². The lowest BCUT2D eigenvalue weighted by Gasteiger charge is -2.24. The van der Waals surface area contributed by atoms with Crippen molar-refractivity contribution in [3.63, 3.8) is 0 Å². The van der Waals surface area contributed by atoms with E-state index >= 15 is 0 Å². The number of rotatable bonds is 8. The Bertz CT molecular complexity index is 139. The summed E-state index contributed by atoms with van der Waals surface area (Å²) in [6.45, 7) is 5.67. The van der Waals surface area contributed by atoms with Gasteiger partial charge in [0.1, 0.15) is 0 Å². The quantitative estimate of drug-likeness (QED) is 0.602. The van der Waals surface area contributed by atoms with Gasteiger partial charge in [0.05, 0.1) is 11.7 Å². The standard InChI is InChI=1S/C10H23NO3/c1-9(14-4)7-11-8-10(2,12)5-6-13-3/h9,11-12H,5-8H2,1-4H3. The van der Waals surface area contributed by atoms with E-state index < -0.39 is 5.60 Å². The first-order chi connectivity index (χ1) is 6.52. The van der Waals surface area contributed by atoms with Crippen molar-refractivity contribution in [3.05, 3.63) is 0 Å². The third kappa shape index (κ3) is 7.26. The molecule has 0 heterocycles. The molecule has 0 radical (unpaired) electrons. The van der Waals surface area contributed by atoms with Crippen LogP contribution in [0.4, 0.5) is 0 Å². The fraction of sp³-hybridized carbons (Fsp3) is 1.00. The Morgan fingerprint density at radius 3 is 2.57 bits per heavy atom. The lowest BCUT2D eigenvalue weighted by Crippen LogP contribution is -2.41. The normalized spacial score (nSPS) is 17.8. The van der Waals surface area contributed by atoms with Gasteiger partial charge in [0.2, 0.25) is 0 Å². The molecule has 0 aliphatic rings. The van der Waals surface area contributed by atoms with Crippen molar-refractivity contribution in [2.24, 2.45) is 0 Å². The second kappa shape index (κ2) is 7.17. The van der Waals surface area contributed by atoms with Crippen LogP contribution in [0.2, 0.25) is 0 Å². The highest BCUT2D eigenvalue weighted by atomic mass is 16.5. The van der Waals surface area contributed by atoms with Gasteiger partial charge >= 0.3 is 0 Å². The molecular formula is C10H23NO3. The molecular weight excluding hydrogens is 182 g/mol. The van der Waals surface area contributed by atoms with Crippen molar-refractivity contribution in [1.29, 1.82) is 0 Å². The Balaban J connectivity index is 3.54. The topological polar surface area (TPSA) is 50.7 Å². The minimum absolute atomic E-state index is 0.174. The molecule has 0 amide bonds. The molecule has 2 N–H and O–H groups in total. The van der Waals surface area contributed by atoms with Gasteiger partial charge in [-0.1, -0.05) is 0 Å². The van der Waals surface area contributed by atoms with Crippen LogP contribution in [-0.2, 0) is 9.47 Å². The van der Waals surface area contributed by atoms with Crippen molar-refractivity contribution >= 4 is 0 Å². The van der Waals surface area contributed by atoms with Crippen molar-refractivity contribution in [2.75, 3.05) is 33.9 Å². The molecule has 0 fully saturated rings. The number of ether oxygens (including phenoxy) is 2. The van der Waals surface area contributed by atoms with Crippen LogP contribution < -0.4 is 5.32 Å². The highest BCUT2D eigenvalue weighted by Gasteiger charge is 2.19. The van der Waals surface area contributed by atoms with Crippen LogP contribution in [0.15, 0.2) is 0 Å². The lowest BCUT2D eigenvalue weighted by atomic mass is 10.0. The molecule has 0 saturated heterocycles. The summed E-state index contributed by atoms with van der Waals surface area (Å²) in [6, 6.07) is 0. The summed E-state index contributed by atoms with van der Waals surface area (Å²) in [4.78, 5) is 0. The molecule has 14 heavy (non-hydrogen) atoms. The molecule has 0 aliphatic heterocycles. The molecule has 4 heteroatoms. The van der Waals surface area contributed by atoms with Gasteiger partial charge in [0.25, 0.3) is 0 Å². The van der Waals surface area contributed by atoms with Crippen LogP contribution in [0.25, 0.3) is 0 Å². The average molecular weight is 205 g/mol. The van der Waals surface area contributed by atoms with Gasteiger partial charge in [-0.15, -0.1) is 0 Å². The maximum absolute atomic E-state index is 9.85. The highest BCUT2D eigenvalue weighted by molar-refractivity contribution is 4.75. The van der Waals surface area contributed by atoms with Gasteiger partial charge in [-0.05, 0) is 13.8 Å². The SMILES string of the molecule is COCCC(C)(O)CNCC(C)OC. The summed E-state index contributed by atoms with van der Waals surface area (Å²) < 4.78 is 9.99. The fourth-order valence-electron chi connectivity index (χ4n) is 1.04. The Morgan fingerprint density at radius 1 is 1.43 bits per heavy atom. The Kier molecular flexibility index (Phi) is 7.09. The molecule has 0 saturated carbocycles. The second-order valence-electron chi connectivity index (χ2n) is 3.92. The van der Waals surface area contributed by atoms with Crippen molar-refractivity contribution in [2.45, 2.75) is 32.0 Å². The number of hydrogen-bond acceptors (Lipinski definition) is 4. The van der Waals surface area contributed by atoms with Crippen molar-refractivity contribution in [3.8, 4) is 0 Å². The van der Waals surface area contributed by atoms with Gasteiger partial charge in [0, 0.05) is 40.3 Å². The van der Waals surface area contributed by atoms with E-state index in [2.05, 4.69) is 5.32 Å². The first-order valence-corrected chi connectivity index (χ1v) is 4.96. The van der Waals surface area contributed by atoms with Crippen molar-refractivity contribution in [1.82, 2.24) is 5.32 Å². The summed E-state index contributed by atoms with van der Waals surface area (Å²) >= 11 is 0. The van der Waals surface area contributed by atoms with Crippen LogP contribution in [0.3, 0.4) is 0 Å². The van der Waals surface area contributed by atoms with Crippen LogP contribution in [0.1, 0.15) is 20.3 Å². The molecule has 0 spiro atoms. The van der Waals surface area contributed by atoms with E-state index in [1.54, 1.807) is 21.1 Å². The predicted molar refractivity (Wildman–Crippen MR) is 56.5 cm³/mol. The second-order valence-corrected chi connectivity index (χ2v) is 3.92. The molecule has 0 aliphatic carbocycles. The monoisotopic (exact) mass is 205 g/mol. The summed E-state index contributed by atoms with van der Waals surface area (Å²) in [5.74, 6) is 0. The number of nitrogens with one attached hydrogen (secondary N) is 1. The minimum Gasteiger partial charge on any atom is -0.389 e. The minimum atomic E-state index is -0.705. The largest absolute Gasteiger partial charge is 0.389 e. The Morgan fingerprint density at radius 2 is 2.07 bits per heavy atom. The van der Waals surface area contributed by atoms with Gasteiger partial charge < -0.3 is 19.9 Å². The third-order valence-electron chi connectivity index (χ3n) is 2.18. The van der Waals surface area contributed by atoms with Gasteiger partial charge in [0.15, 0.2) is 0 Å². The summed E-state index contributed by atoms with van der Waals surface area (Å²) in [5, 5.41) is 13.0. The lowest BCUT2D eigenvalue weighted by molar-refractivity contribution is 0.0214. The van der Waals surface area contributed by atoms with E-state index in [1.165, 1.54) is 0 Å². The average Bonchev–Trinajstić information content (AvgIpc) is 2.14. The molecule has 0 aromatic carbocycles. The summed E-state index contributed by atoms with van der Waals surface area (Å²) in [5.41, 5.74) is -0.705.